The van der Waals surface area contributed by atoms with Crippen molar-refractivity contribution < 1.29 is 9.59 Å². The first-order chi connectivity index (χ1) is 12.1. The molecule has 2 rings (SSSR count). The number of nitrogens with one attached hydrogen (secondary N) is 1. The van der Waals surface area contributed by atoms with Gasteiger partial charge in [-0.3, -0.25) is 9.59 Å². The van der Waals surface area contributed by atoms with E-state index in [1.807, 2.05) is 32.0 Å². The molecule has 1 amide bonds. The zero-order chi connectivity index (χ0) is 18.1. The topological polar surface area (TPSA) is 49.4 Å². The minimum atomic E-state index is -0.0203. The summed E-state index contributed by atoms with van der Waals surface area (Å²) in [6, 6.07) is 5.73. The molecule has 0 radical (unpaired) electrons. The molecule has 1 N–H and O–H groups in total. The average molecular weight is 344 g/mol. The normalized spacial score (nSPS) is 15.6. The van der Waals surface area contributed by atoms with Crippen LogP contribution in [0.25, 0.3) is 0 Å². The van der Waals surface area contributed by atoms with E-state index in [-0.39, 0.29) is 24.5 Å². The average Bonchev–Trinajstić information content (AvgIpc) is 2.88. The molecule has 0 aliphatic carbocycles. The van der Waals surface area contributed by atoms with Gasteiger partial charge in [-0.25, -0.2) is 0 Å². The third kappa shape index (κ3) is 6.99. The number of ketones is 1. The van der Waals surface area contributed by atoms with Gasteiger partial charge in [0.2, 0.25) is 5.91 Å². The van der Waals surface area contributed by atoms with Gasteiger partial charge in [-0.05, 0) is 69.9 Å². The molecule has 0 atom stereocenters. The fourth-order valence-corrected chi connectivity index (χ4v) is 3.26. The molecule has 1 heterocycles. The lowest BCUT2D eigenvalue weighted by Gasteiger charge is -2.19. The Labute approximate surface area is 152 Å². The van der Waals surface area contributed by atoms with Gasteiger partial charge in [0.05, 0.1) is 0 Å². The Morgan fingerprint density at radius 1 is 1.00 bits per heavy atom. The third-order valence-corrected chi connectivity index (χ3v) is 5.08. The molecule has 0 aromatic heterocycles. The van der Waals surface area contributed by atoms with Crippen LogP contribution in [0.15, 0.2) is 18.2 Å². The van der Waals surface area contributed by atoms with E-state index in [4.69, 9.17) is 0 Å². The molecule has 0 saturated carbocycles. The minimum absolute atomic E-state index is 0.0203. The van der Waals surface area contributed by atoms with E-state index in [2.05, 4.69) is 10.2 Å². The molecule has 0 spiro atoms. The Bertz CT molecular complexity index is 575. The largest absolute Gasteiger partial charge is 0.356 e. The SMILES string of the molecule is Cc1ccc(C(=O)CCC(=O)NCCCN2CCCCCC2)cc1C. The van der Waals surface area contributed by atoms with E-state index >= 15 is 0 Å². The van der Waals surface area contributed by atoms with E-state index in [0.717, 1.165) is 18.5 Å². The summed E-state index contributed by atoms with van der Waals surface area (Å²) in [7, 11) is 0. The number of amides is 1. The molecule has 25 heavy (non-hydrogen) atoms. The predicted molar refractivity (Wildman–Crippen MR) is 102 cm³/mol. The van der Waals surface area contributed by atoms with Crippen molar-refractivity contribution in [1.82, 2.24) is 10.2 Å². The molecular formula is C21H32N2O2. The van der Waals surface area contributed by atoms with Crippen LogP contribution in [0.1, 0.15) is 66.4 Å². The lowest BCUT2D eigenvalue weighted by atomic mass is 10.0. The maximum Gasteiger partial charge on any atom is 0.220 e. The van der Waals surface area contributed by atoms with E-state index in [0.29, 0.717) is 12.1 Å². The van der Waals surface area contributed by atoms with E-state index in [1.54, 1.807) is 0 Å². The number of hydrogen-bond acceptors (Lipinski definition) is 3. The molecule has 0 unspecified atom stereocenters. The lowest BCUT2D eigenvalue weighted by Crippen LogP contribution is -2.30. The molecule has 1 fully saturated rings. The Hall–Kier alpha value is -1.68. The Balaban J connectivity index is 1.61. The number of nitrogens with zero attached hydrogens (tertiary/aromatic N) is 1. The number of aryl methyl sites for hydroxylation is 2. The summed E-state index contributed by atoms with van der Waals surface area (Å²) in [6.45, 7) is 8.18. The molecule has 4 nitrogen and oxygen atoms in total. The van der Waals surface area contributed by atoms with Crippen LogP contribution in [-0.4, -0.2) is 42.8 Å². The molecule has 1 aromatic rings. The molecule has 0 bridgehead atoms. The molecule has 138 valence electrons. The maximum absolute atomic E-state index is 12.2. The number of rotatable bonds is 8. The molecule has 1 aromatic carbocycles. The summed E-state index contributed by atoms with van der Waals surface area (Å²) >= 11 is 0. The van der Waals surface area contributed by atoms with E-state index in [1.165, 1.54) is 44.3 Å². The number of carbonyl (C=O) groups is 2. The lowest BCUT2D eigenvalue weighted by molar-refractivity contribution is -0.121. The van der Waals surface area contributed by atoms with Gasteiger partial charge in [-0.2, -0.15) is 0 Å². The van der Waals surface area contributed by atoms with Gasteiger partial charge in [0.15, 0.2) is 5.78 Å². The number of Topliss-reactive ketones (excluding diaryl/α,β-unsaturated/α-hetero) is 1. The van der Waals surface area contributed by atoms with Crippen LogP contribution in [0, 0.1) is 13.8 Å². The Kier molecular flexibility index (Phi) is 8.13. The van der Waals surface area contributed by atoms with Gasteiger partial charge in [-0.15, -0.1) is 0 Å². The van der Waals surface area contributed by atoms with Crippen LogP contribution >= 0.6 is 0 Å². The van der Waals surface area contributed by atoms with Crippen molar-refractivity contribution in [2.45, 2.75) is 58.8 Å². The standard InChI is InChI=1S/C21H32N2O2/c1-17-8-9-19(16-18(17)2)20(24)10-11-21(25)22-12-7-15-23-13-5-3-4-6-14-23/h8-9,16H,3-7,10-15H2,1-2H3,(H,22,25). The first-order valence-electron chi connectivity index (χ1n) is 9.66. The summed E-state index contributed by atoms with van der Waals surface area (Å²) in [5, 5.41) is 2.95. The van der Waals surface area contributed by atoms with Crippen molar-refractivity contribution in [3.8, 4) is 0 Å². The van der Waals surface area contributed by atoms with Crippen molar-refractivity contribution in [3.63, 3.8) is 0 Å². The van der Waals surface area contributed by atoms with Crippen LogP contribution in [-0.2, 0) is 4.79 Å². The Morgan fingerprint density at radius 3 is 2.40 bits per heavy atom. The summed E-state index contributed by atoms with van der Waals surface area (Å²) in [6.07, 6.45) is 6.83. The van der Waals surface area contributed by atoms with E-state index < -0.39 is 0 Å². The second-order valence-electron chi connectivity index (χ2n) is 7.18. The molecule has 1 saturated heterocycles. The minimum Gasteiger partial charge on any atom is -0.356 e. The van der Waals surface area contributed by atoms with E-state index in [9.17, 15) is 9.59 Å². The summed E-state index contributed by atoms with van der Waals surface area (Å²) < 4.78 is 0. The fraction of sp³-hybridized carbons (Fsp3) is 0.619. The monoisotopic (exact) mass is 344 g/mol. The van der Waals surface area contributed by atoms with Crippen LogP contribution in [0.3, 0.4) is 0 Å². The van der Waals surface area contributed by atoms with Gasteiger partial charge in [0, 0.05) is 24.9 Å². The van der Waals surface area contributed by atoms with Gasteiger partial charge in [-0.1, -0.05) is 25.0 Å². The number of hydrogen-bond donors (Lipinski definition) is 1. The van der Waals surface area contributed by atoms with Gasteiger partial charge >= 0.3 is 0 Å². The fourth-order valence-electron chi connectivity index (χ4n) is 3.26. The maximum atomic E-state index is 12.2. The Morgan fingerprint density at radius 2 is 1.72 bits per heavy atom. The van der Waals surface area contributed by atoms with Crippen molar-refractivity contribution in [1.29, 1.82) is 0 Å². The summed E-state index contributed by atoms with van der Waals surface area (Å²) in [5.74, 6) is 0.0240. The smallest absolute Gasteiger partial charge is 0.220 e. The second-order valence-corrected chi connectivity index (χ2v) is 7.18. The molecular weight excluding hydrogens is 312 g/mol. The molecule has 4 heteroatoms. The van der Waals surface area contributed by atoms with Crippen molar-refractivity contribution in [3.05, 3.63) is 34.9 Å². The van der Waals surface area contributed by atoms with Crippen molar-refractivity contribution >= 4 is 11.7 Å². The highest BCUT2D eigenvalue weighted by atomic mass is 16.2. The van der Waals surface area contributed by atoms with Crippen LogP contribution in [0.2, 0.25) is 0 Å². The van der Waals surface area contributed by atoms with Gasteiger partial charge in [0.1, 0.15) is 0 Å². The number of benzene rings is 1. The second kappa shape index (κ2) is 10.3. The van der Waals surface area contributed by atoms with Gasteiger partial charge < -0.3 is 10.2 Å². The van der Waals surface area contributed by atoms with Crippen LogP contribution in [0.4, 0.5) is 0 Å². The zero-order valence-corrected chi connectivity index (χ0v) is 15.8. The highest BCUT2D eigenvalue weighted by Crippen LogP contribution is 2.12. The first-order valence-corrected chi connectivity index (χ1v) is 9.66. The molecule has 1 aliphatic heterocycles. The van der Waals surface area contributed by atoms with Crippen molar-refractivity contribution in [2.24, 2.45) is 0 Å². The highest BCUT2D eigenvalue weighted by molar-refractivity contribution is 5.98. The number of likely N-dealkylation sites (tertiary alicyclic amines) is 1. The van der Waals surface area contributed by atoms with Crippen molar-refractivity contribution in [2.75, 3.05) is 26.2 Å². The highest BCUT2D eigenvalue weighted by Gasteiger charge is 2.11. The summed E-state index contributed by atoms with van der Waals surface area (Å²) in [5.41, 5.74) is 3.00. The van der Waals surface area contributed by atoms with Crippen LogP contribution in [0.5, 0.6) is 0 Å². The zero-order valence-electron chi connectivity index (χ0n) is 15.8. The third-order valence-electron chi connectivity index (χ3n) is 5.08. The quantitative estimate of drug-likeness (QED) is 0.578. The van der Waals surface area contributed by atoms with Crippen LogP contribution < -0.4 is 5.32 Å². The molecule has 1 aliphatic rings. The summed E-state index contributed by atoms with van der Waals surface area (Å²) in [4.78, 5) is 26.6. The first kappa shape index (κ1) is 19.6. The number of carbonyl (C=O) groups excluding carboxylic acids is 2. The van der Waals surface area contributed by atoms with Gasteiger partial charge in [0.25, 0.3) is 0 Å². The predicted octanol–water partition coefficient (Wildman–Crippen LogP) is 3.65.